The van der Waals surface area contributed by atoms with Gasteiger partial charge in [-0.25, -0.2) is 12.7 Å². The molecule has 1 aliphatic heterocycles. The lowest BCUT2D eigenvalue weighted by Crippen LogP contribution is -2.43. The Morgan fingerprint density at radius 2 is 1.92 bits per heavy atom. The molecule has 0 saturated carbocycles. The highest BCUT2D eigenvalue weighted by Crippen LogP contribution is 2.24. The number of carbonyl (C=O) groups is 1. The van der Waals surface area contributed by atoms with Crippen LogP contribution in [0.25, 0.3) is 0 Å². The second-order valence-corrected chi connectivity index (χ2v) is 8.75. The summed E-state index contributed by atoms with van der Waals surface area (Å²) in [5.41, 5.74) is 3.56. The first-order valence-corrected chi connectivity index (χ1v) is 10.4. The summed E-state index contributed by atoms with van der Waals surface area (Å²) in [4.78, 5) is 12.6. The molecule has 1 heterocycles. The van der Waals surface area contributed by atoms with Crippen LogP contribution >= 0.6 is 0 Å². The molecule has 1 aromatic rings. The minimum atomic E-state index is -3.15. The van der Waals surface area contributed by atoms with E-state index in [4.69, 9.17) is 0 Å². The molecule has 24 heavy (non-hydrogen) atoms. The maximum absolute atomic E-state index is 12.6. The molecule has 1 aliphatic rings. The number of hydrogen-bond acceptors (Lipinski definition) is 3. The molecule has 1 fully saturated rings. The van der Waals surface area contributed by atoms with E-state index in [1.807, 2.05) is 0 Å². The third kappa shape index (κ3) is 4.57. The average molecular weight is 353 g/mol. The molecule has 1 N–H and O–H groups in total. The van der Waals surface area contributed by atoms with E-state index < -0.39 is 10.0 Å². The van der Waals surface area contributed by atoms with E-state index in [9.17, 15) is 13.2 Å². The number of rotatable bonds is 5. The van der Waals surface area contributed by atoms with Crippen molar-refractivity contribution in [3.63, 3.8) is 0 Å². The number of piperidine rings is 1. The molecule has 1 aromatic carbocycles. The monoisotopic (exact) mass is 352 g/mol. The molecule has 0 spiro atoms. The van der Waals surface area contributed by atoms with Gasteiger partial charge in [-0.3, -0.25) is 4.79 Å². The van der Waals surface area contributed by atoms with Gasteiger partial charge >= 0.3 is 0 Å². The van der Waals surface area contributed by atoms with E-state index in [2.05, 4.69) is 44.3 Å². The Balaban J connectivity index is 2.00. The topological polar surface area (TPSA) is 66.5 Å². The number of sulfonamides is 1. The largest absolute Gasteiger partial charge is 0.349 e. The van der Waals surface area contributed by atoms with Gasteiger partial charge in [0.25, 0.3) is 0 Å². The van der Waals surface area contributed by atoms with E-state index in [1.54, 1.807) is 0 Å². The summed E-state index contributed by atoms with van der Waals surface area (Å²) in [5.74, 6) is -0.0715. The standard InChI is InChI=1S/C18H28N2O3S/c1-5-17(16-7-6-13(2)12-14(16)3)19-18(21)15-8-10-20(11-9-15)24(4,22)23/h6-7,12,15,17H,5,8-11H2,1-4H3,(H,19,21)/t17-/m0/s1. The van der Waals surface area contributed by atoms with Gasteiger partial charge in [0.1, 0.15) is 0 Å². The highest BCUT2D eigenvalue weighted by atomic mass is 32.2. The summed E-state index contributed by atoms with van der Waals surface area (Å²) in [5, 5.41) is 3.16. The molecule has 0 radical (unpaired) electrons. The van der Waals surface area contributed by atoms with E-state index in [1.165, 1.54) is 21.7 Å². The number of benzene rings is 1. The van der Waals surface area contributed by atoms with E-state index >= 15 is 0 Å². The minimum Gasteiger partial charge on any atom is -0.349 e. The van der Waals surface area contributed by atoms with Gasteiger partial charge in [-0.05, 0) is 44.2 Å². The van der Waals surface area contributed by atoms with Crippen LogP contribution in [0.5, 0.6) is 0 Å². The zero-order valence-corrected chi connectivity index (χ0v) is 15.8. The highest BCUT2D eigenvalue weighted by Gasteiger charge is 2.30. The number of nitrogens with one attached hydrogen (secondary N) is 1. The first kappa shape index (κ1) is 18.9. The SMILES string of the molecule is CC[C@H](NC(=O)C1CCN(S(C)(=O)=O)CC1)c1ccc(C)cc1C. The molecular formula is C18H28N2O3S. The fourth-order valence-electron chi connectivity index (χ4n) is 3.36. The molecule has 1 saturated heterocycles. The summed E-state index contributed by atoms with van der Waals surface area (Å²) in [6, 6.07) is 6.30. The minimum absolute atomic E-state index is 0.00559. The van der Waals surface area contributed by atoms with Crippen molar-refractivity contribution in [3.05, 3.63) is 34.9 Å². The third-order valence-electron chi connectivity index (χ3n) is 4.82. The van der Waals surface area contributed by atoms with Gasteiger partial charge in [-0.1, -0.05) is 30.7 Å². The fraction of sp³-hybridized carbons (Fsp3) is 0.611. The highest BCUT2D eigenvalue weighted by molar-refractivity contribution is 7.88. The van der Waals surface area contributed by atoms with Crippen LogP contribution < -0.4 is 5.32 Å². The van der Waals surface area contributed by atoms with Crippen LogP contribution in [0, 0.1) is 19.8 Å². The molecule has 0 aromatic heterocycles. The van der Waals surface area contributed by atoms with Gasteiger partial charge in [0.2, 0.25) is 15.9 Å². The second-order valence-electron chi connectivity index (χ2n) is 6.77. The predicted molar refractivity (Wildman–Crippen MR) is 96.2 cm³/mol. The summed E-state index contributed by atoms with van der Waals surface area (Å²) in [6.45, 7) is 7.05. The molecule has 0 aliphatic carbocycles. The van der Waals surface area contributed by atoms with Gasteiger partial charge in [-0.15, -0.1) is 0 Å². The molecule has 1 amide bonds. The fourth-order valence-corrected chi connectivity index (χ4v) is 4.23. The van der Waals surface area contributed by atoms with Crippen LogP contribution in [0.4, 0.5) is 0 Å². The maximum Gasteiger partial charge on any atom is 0.223 e. The lowest BCUT2D eigenvalue weighted by Gasteiger charge is -2.30. The van der Waals surface area contributed by atoms with Gasteiger partial charge in [0.05, 0.1) is 12.3 Å². The normalized spacial score (nSPS) is 18.3. The quantitative estimate of drug-likeness (QED) is 0.885. The number of hydrogen-bond donors (Lipinski definition) is 1. The van der Waals surface area contributed by atoms with Gasteiger partial charge in [0.15, 0.2) is 0 Å². The number of aryl methyl sites for hydroxylation is 2. The van der Waals surface area contributed by atoms with Crippen molar-refractivity contribution in [1.82, 2.24) is 9.62 Å². The smallest absolute Gasteiger partial charge is 0.223 e. The molecular weight excluding hydrogens is 324 g/mol. The van der Waals surface area contributed by atoms with Crippen molar-refractivity contribution in [1.29, 1.82) is 0 Å². The molecule has 5 nitrogen and oxygen atoms in total. The Kier molecular flexibility index (Phi) is 6.04. The van der Waals surface area contributed by atoms with Crippen LogP contribution in [-0.4, -0.2) is 38.0 Å². The maximum atomic E-state index is 12.6. The second kappa shape index (κ2) is 7.66. The first-order valence-electron chi connectivity index (χ1n) is 8.55. The van der Waals surface area contributed by atoms with Crippen LogP contribution in [0.15, 0.2) is 18.2 Å². The van der Waals surface area contributed by atoms with Crippen LogP contribution in [0.2, 0.25) is 0 Å². The summed E-state index contributed by atoms with van der Waals surface area (Å²) >= 11 is 0. The zero-order valence-electron chi connectivity index (χ0n) is 15.0. The van der Waals surface area contributed by atoms with Crippen LogP contribution in [0.1, 0.15) is 48.9 Å². The number of amides is 1. The number of nitrogens with zero attached hydrogens (tertiary/aromatic N) is 1. The lowest BCUT2D eigenvalue weighted by molar-refractivity contribution is -0.126. The van der Waals surface area contributed by atoms with E-state index in [0.29, 0.717) is 25.9 Å². The van der Waals surface area contributed by atoms with Crippen molar-refractivity contribution in [2.45, 2.75) is 46.1 Å². The van der Waals surface area contributed by atoms with Crippen molar-refractivity contribution in [2.75, 3.05) is 19.3 Å². The molecule has 6 heteroatoms. The summed E-state index contributed by atoms with van der Waals surface area (Å²) in [6.07, 6.45) is 3.23. The van der Waals surface area contributed by atoms with Crippen molar-refractivity contribution < 1.29 is 13.2 Å². The van der Waals surface area contributed by atoms with E-state index in [0.717, 1.165) is 12.0 Å². The first-order chi connectivity index (χ1) is 11.2. The molecule has 0 bridgehead atoms. The van der Waals surface area contributed by atoms with Crippen molar-refractivity contribution in [2.24, 2.45) is 5.92 Å². The average Bonchev–Trinajstić information content (AvgIpc) is 2.52. The Morgan fingerprint density at radius 3 is 2.42 bits per heavy atom. The Hall–Kier alpha value is -1.40. The van der Waals surface area contributed by atoms with Crippen LogP contribution in [0.3, 0.4) is 0 Å². The van der Waals surface area contributed by atoms with Crippen molar-refractivity contribution in [3.8, 4) is 0 Å². The Bertz CT molecular complexity index is 692. The summed E-state index contributed by atoms with van der Waals surface area (Å²) in [7, 11) is -3.15. The van der Waals surface area contributed by atoms with Crippen LogP contribution in [-0.2, 0) is 14.8 Å². The summed E-state index contributed by atoms with van der Waals surface area (Å²) < 4.78 is 24.6. The number of carbonyl (C=O) groups excluding carboxylic acids is 1. The predicted octanol–water partition coefficient (Wildman–Crippen LogP) is 2.54. The van der Waals surface area contributed by atoms with Crippen molar-refractivity contribution >= 4 is 15.9 Å². The Labute approximate surface area is 145 Å². The lowest BCUT2D eigenvalue weighted by atomic mass is 9.94. The van der Waals surface area contributed by atoms with Gasteiger partial charge < -0.3 is 5.32 Å². The molecule has 0 unspecified atom stereocenters. The molecule has 2 rings (SSSR count). The molecule has 1 atom stereocenters. The van der Waals surface area contributed by atoms with E-state index in [-0.39, 0.29) is 17.9 Å². The molecule has 134 valence electrons. The van der Waals surface area contributed by atoms with Gasteiger partial charge in [0, 0.05) is 19.0 Å². The van der Waals surface area contributed by atoms with Gasteiger partial charge in [-0.2, -0.15) is 0 Å². The zero-order chi connectivity index (χ0) is 17.9. The third-order valence-corrected chi connectivity index (χ3v) is 6.12. The Morgan fingerprint density at radius 1 is 1.29 bits per heavy atom.